The Kier molecular flexibility index (Phi) is 3.86. The number of hydrogen-bond donors (Lipinski definition) is 2. The number of likely N-dealkylation sites (N-methyl/N-ethyl adjacent to an activating group) is 1. The van der Waals surface area contributed by atoms with E-state index in [1.807, 2.05) is 0 Å². The van der Waals surface area contributed by atoms with Crippen LogP contribution in [0.25, 0.3) is 0 Å². The molecule has 0 aromatic carbocycles. The van der Waals surface area contributed by atoms with Gasteiger partial charge in [-0.1, -0.05) is 0 Å². The zero-order chi connectivity index (χ0) is 13.2. The van der Waals surface area contributed by atoms with Gasteiger partial charge in [-0.25, -0.2) is 4.98 Å². The van der Waals surface area contributed by atoms with Crippen molar-refractivity contribution >= 4 is 0 Å². The number of fused-ring (bicyclic) bond motifs is 1. The maximum Gasteiger partial charge on any atom is 0.110 e. The van der Waals surface area contributed by atoms with Crippen LogP contribution in [0, 0.1) is 0 Å². The molecule has 3 heterocycles. The summed E-state index contributed by atoms with van der Waals surface area (Å²) >= 11 is 0. The second-order valence-corrected chi connectivity index (χ2v) is 5.81. The Hall–Kier alpha value is -0.910. The van der Waals surface area contributed by atoms with Gasteiger partial charge < -0.3 is 19.9 Å². The molecule has 1 atom stereocenters. The van der Waals surface area contributed by atoms with Gasteiger partial charge in [-0.3, -0.25) is 0 Å². The van der Waals surface area contributed by atoms with E-state index in [9.17, 15) is 5.11 Å². The number of imidazole rings is 1. The van der Waals surface area contributed by atoms with Crippen molar-refractivity contribution in [1.29, 1.82) is 0 Å². The van der Waals surface area contributed by atoms with Gasteiger partial charge in [0.25, 0.3) is 0 Å². The molecule has 5 heteroatoms. The van der Waals surface area contributed by atoms with Gasteiger partial charge in [0, 0.05) is 44.3 Å². The molecular weight excluding hydrogens is 240 g/mol. The number of aromatic nitrogens is 2. The van der Waals surface area contributed by atoms with Crippen LogP contribution in [0.2, 0.25) is 0 Å². The molecule has 2 aliphatic rings. The van der Waals surface area contributed by atoms with Crippen LogP contribution in [0.5, 0.6) is 0 Å². The fourth-order valence-electron chi connectivity index (χ4n) is 3.33. The molecule has 106 valence electrons. The fraction of sp³-hybridized carbons (Fsp3) is 0.786. The van der Waals surface area contributed by atoms with Crippen molar-refractivity contribution in [1.82, 2.24) is 19.8 Å². The summed E-state index contributed by atoms with van der Waals surface area (Å²) in [7, 11) is 2.17. The smallest absolute Gasteiger partial charge is 0.110 e. The van der Waals surface area contributed by atoms with Crippen LogP contribution in [-0.2, 0) is 26.0 Å². The normalized spacial score (nSPS) is 24.4. The molecule has 0 radical (unpaired) electrons. The minimum absolute atomic E-state index is 0.0767. The highest BCUT2D eigenvalue weighted by Crippen LogP contribution is 2.22. The highest BCUT2D eigenvalue weighted by Gasteiger charge is 2.23. The number of piperazine rings is 1. The lowest BCUT2D eigenvalue weighted by atomic mass is 10.1. The summed E-state index contributed by atoms with van der Waals surface area (Å²) in [5.41, 5.74) is 2.17. The Bertz CT molecular complexity index is 443. The van der Waals surface area contributed by atoms with Gasteiger partial charge in [-0.05, 0) is 26.3 Å². The van der Waals surface area contributed by atoms with Gasteiger partial charge in [0.2, 0.25) is 0 Å². The van der Waals surface area contributed by atoms with Crippen LogP contribution >= 0.6 is 0 Å². The lowest BCUT2D eigenvalue weighted by molar-refractivity contribution is 0.235. The Morgan fingerprint density at radius 1 is 1.37 bits per heavy atom. The molecular formula is C14H24N4O. The molecule has 0 aliphatic carbocycles. The first-order valence-electron chi connectivity index (χ1n) is 7.38. The first kappa shape index (κ1) is 13.1. The van der Waals surface area contributed by atoms with E-state index in [0.29, 0.717) is 6.04 Å². The monoisotopic (exact) mass is 264 g/mol. The highest BCUT2D eigenvalue weighted by atomic mass is 16.3. The SMILES string of the molecule is CN1CCNC(Cc2nc(CO)c3n2CCCC3)C1. The van der Waals surface area contributed by atoms with E-state index >= 15 is 0 Å². The summed E-state index contributed by atoms with van der Waals surface area (Å²) in [5.74, 6) is 1.16. The summed E-state index contributed by atoms with van der Waals surface area (Å²) in [4.78, 5) is 7.05. The molecule has 1 fully saturated rings. The van der Waals surface area contributed by atoms with E-state index in [4.69, 9.17) is 0 Å². The van der Waals surface area contributed by atoms with Crippen LogP contribution < -0.4 is 5.32 Å². The van der Waals surface area contributed by atoms with Crippen molar-refractivity contribution in [2.45, 2.75) is 44.9 Å². The molecule has 1 aromatic heterocycles. The first-order chi connectivity index (χ1) is 9.28. The van der Waals surface area contributed by atoms with E-state index in [1.54, 1.807) is 0 Å². The molecule has 0 amide bonds. The Morgan fingerprint density at radius 2 is 2.26 bits per heavy atom. The number of aliphatic hydroxyl groups excluding tert-OH is 1. The predicted molar refractivity (Wildman–Crippen MR) is 74.1 cm³/mol. The zero-order valence-electron chi connectivity index (χ0n) is 11.7. The summed E-state index contributed by atoms with van der Waals surface area (Å²) < 4.78 is 2.35. The van der Waals surface area contributed by atoms with Crippen LogP contribution in [0.4, 0.5) is 0 Å². The van der Waals surface area contributed by atoms with Gasteiger partial charge in [-0.2, -0.15) is 0 Å². The molecule has 1 saturated heterocycles. The number of nitrogens with zero attached hydrogens (tertiary/aromatic N) is 3. The number of aliphatic hydroxyl groups is 1. The van der Waals surface area contributed by atoms with Crippen LogP contribution in [0.1, 0.15) is 30.1 Å². The third-order valence-corrected chi connectivity index (χ3v) is 4.32. The van der Waals surface area contributed by atoms with E-state index in [2.05, 4.69) is 26.8 Å². The van der Waals surface area contributed by atoms with E-state index < -0.39 is 0 Å². The quantitative estimate of drug-likeness (QED) is 0.816. The van der Waals surface area contributed by atoms with E-state index in [-0.39, 0.29) is 6.61 Å². The second-order valence-electron chi connectivity index (χ2n) is 5.81. The van der Waals surface area contributed by atoms with Crippen molar-refractivity contribution in [2.24, 2.45) is 0 Å². The summed E-state index contributed by atoms with van der Waals surface area (Å²) in [6.45, 7) is 4.41. The Labute approximate surface area is 114 Å². The van der Waals surface area contributed by atoms with Gasteiger partial charge in [-0.15, -0.1) is 0 Å². The van der Waals surface area contributed by atoms with E-state index in [0.717, 1.165) is 50.5 Å². The maximum absolute atomic E-state index is 9.46. The van der Waals surface area contributed by atoms with Crippen molar-refractivity contribution in [3.05, 3.63) is 17.2 Å². The number of nitrogens with one attached hydrogen (secondary N) is 1. The minimum Gasteiger partial charge on any atom is -0.390 e. The number of rotatable bonds is 3. The summed E-state index contributed by atoms with van der Waals surface area (Å²) in [5, 5.41) is 13.0. The average molecular weight is 264 g/mol. The second kappa shape index (κ2) is 5.61. The molecule has 1 aromatic rings. The summed E-state index contributed by atoms with van der Waals surface area (Å²) in [6, 6.07) is 0.485. The largest absolute Gasteiger partial charge is 0.390 e. The van der Waals surface area contributed by atoms with E-state index in [1.165, 1.54) is 18.5 Å². The molecule has 5 nitrogen and oxygen atoms in total. The standard InChI is InChI=1S/C14H24N4O/c1-17-7-5-15-11(9-17)8-14-16-12(10-19)13-4-2-3-6-18(13)14/h11,15,19H,2-10H2,1H3. The van der Waals surface area contributed by atoms with Gasteiger partial charge in [0.1, 0.15) is 5.82 Å². The van der Waals surface area contributed by atoms with Crippen LogP contribution in [0.3, 0.4) is 0 Å². The molecule has 19 heavy (non-hydrogen) atoms. The van der Waals surface area contributed by atoms with Crippen LogP contribution in [0.15, 0.2) is 0 Å². The molecule has 1 unspecified atom stereocenters. The van der Waals surface area contributed by atoms with Crippen molar-refractivity contribution in [3.63, 3.8) is 0 Å². The first-order valence-corrected chi connectivity index (χ1v) is 7.38. The lowest BCUT2D eigenvalue weighted by Gasteiger charge is -2.31. The third-order valence-electron chi connectivity index (χ3n) is 4.32. The fourth-order valence-corrected chi connectivity index (χ4v) is 3.33. The van der Waals surface area contributed by atoms with Crippen LogP contribution in [-0.4, -0.2) is 52.3 Å². The topological polar surface area (TPSA) is 53.3 Å². The molecule has 2 aliphatic heterocycles. The average Bonchev–Trinajstić information content (AvgIpc) is 2.77. The molecule has 3 rings (SSSR count). The Morgan fingerprint density at radius 3 is 3.05 bits per heavy atom. The molecule has 0 saturated carbocycles. The third kappa shape index (κ3) is 2.68. The van der Waals surface area contributed by atoms with Gasteiger partial charge in [0.15, 0.2) is 0 Å². The number of hydrogen-bond acceptors (Lipinski definition) is 4. The van der Waals surface area contributed by atoms with Crippen molar-refractivity contribution in [3.8, 4) is 0 Å². The minimum atomic E-state index is 0.0767. The Balaban J connectivity index is 1.78. The maximum atomic E-state index is 9.46. The highest BCUT2D eigenvalue weighted by molar-refractivity contribution is 5.19. The lowest BCUT2D eigenvalue weighted by Crippen LogP contribution is -2.50. The van der Waals surface area contributed by atoms with Crippen molar-refractivity contribution in [2.75, 3.05) is 26.7 Å². The molecule has 2 N–H and O–H groups in total. The predicted octanol–water partition coefficient (Wildman–Crippen LogP) is 0.158. The van der Waals surface area contributed by atoms with Gasteiger partial charge >= 0.3 is 0 Å². The van der Waals surface area contributed by atoms with Crippen molar-refractivity contribution < 1.29 is 5.11 Å². The molecule has 0 bridgehead atoms. The van der Waals surface area contributed by atoms with Gasteiger partial charge in [0.05, 0.1) is 12.3 Å². The molecule has 0 spiro atoms. The summed E-state index contributed by atoms with van der Waals surface area (Å²) in [6.07, 6.45) is 4.50. The zero-order valence-corrected chi connectivity index (χ0v) is 11.7.